The van der Waals surface area contributed by atoms with Crippen LogP contribution in [0.2, 0.25) is 0 Å². The van der Waals surface area contributed by atoms with Gasteiger partial charge in [-0.25, -0.2) is 0 Å². The smallest absolute Gasteiger partial charge is 0.369 e. The second kappa shape index (κ2) is 8.45. The molecular formula is C19H24F3N3O3S. The Morgan fingerprint density at radius 3 is 2.72 bits per heavy atom. The van der Waals surface area contributed by atoms with Crippen LogP contribution in [0.4, 0.5) is 18.9 Å². The lowest BCUT2D eigenvalue weighted by Gasteiger charge is -2.39. The molecule has 2 heterocycles. The molecule has 160 valence electrons. The second-order valence-corrected chi connectivity index (χ2v) is 9.14. The van der Waals surface area contributed by atoms with Gasteiger partial charge < -0.3 is 10.2 Å². The number of aromatic nitrogens is 1. The molecule has 0 amide bonds. The van der Waals surface area contributed by atoms with Crippen LogP contribution in [0.3, 0.4) is 0 Å². The lowest BCUT2D eigenvalue weighted by molar-refractivity contribution is -0.136. The fourth-order valence-corrected chi connectivity index (χ4v) is 4.43. The van der Waals surface area contributed by atoms with E-state index in [0.29, 0.717) is 36.6 Å². The summed E-state index contributed by atoms with van der Waals surface area (Å²) in [5, 5.41) is 3.75. The molecule has 0 aliphatic carbocycles. The van der Waals surface area contributed by atoms with E-state index in [-0.39, 0.29) is 23.7 Å². The van der Waals surface area contributed by atoms with Gasteiger partial charge in [0.1, 0.15) is 0 Å². The van der Waals surface area contributed by atoms with Crippen LogP contribution in [0.1, 0.15) is 25.3 Å². The lowest BCUT2D eigenvalue weighted by Crippen LogP contribution is -2.49. The van der Waals surface area contributed by atoms with E-state index in [1.54, 1.807) is 12.1 Å². The Kier molecular flexibility index (Phi) is 6.35. The molecule has 1 aromatic heterocycles. The summed E-state index contributed by atoms with van der Waals surface area (Å²) in [5.41, 5.74) is -0.104. The number of nitrogens with one attached hydrogen (secondary N) is 1. The summed E-state index contributed by atoms with van der Waals surface area (Å²) in [7, 11) is -3.98. The molecule has 0 radical (unpaired) electrons. The first kappa shape index (κ1) is 21.8. The van der Waals surface area contributed by atoms with Crippen LogP contribution in [-0.2, 0) is 16.3 Å². The Morgan fingerprint density at radius 2 is 2.03 bits per heavy atom. The number of halogens is 3. The summed E-state index contributed by atoms with van der Waals surface area (Å²) in [6.07, 6.45) is -1.95. The van der Waals surface area contributed by atoms with Gasteiger partial charge in [-0.3, -0.25) is 9.54 Å². The fraction of sp³-hybridized carbons (Fsp3) is 0.526. The van der Waals surface area contributed by atoms with Crippen molar-refractivity contribution in [2.45, 2.75) is 32.0 Å². The minimum Gasteiger partial charge on any atom is -0.369 e. The Balaban J connectivity index is 1.80. The Labute approximate surface area is 167 Å². The van der Waals surface area contributed by atoms with Crippen LogP contribution < -0.4 is 10.2 Å². The number of alkyl halides is 3. The predicted octanol–water partition coefficient (Wildman–Crippen LogP) is 3.34. The molecule has 2 N–H and O–H groups in total. The molecule has 1 saturated heterocycles. The molecule has 6 nitrogen and oxygen atoms in total. The number of fused-ring (bicyclic) bond motifs is 1. The summed E-state index contributed by atoms with van der Waals surface area (Å²) < 4.78 is 70.5. The summed E-state index contributed by atoms with van der Waals surface area (Å²) in [6, 6.07) is 5.93. The molecule has 0 bridgehead atoms. The van der Waals surface area contributed by atoms with Crippen molar-refractivity contribution >= 4 is 26.7 Å². The molecule has 1 aliphatic heterocycles. The number of benzene rings is 1. The summed E-state index contributed by atoms with van der Waals surface area (Å²) in [6.45, 7) is 3.80. The van der Waals surface area contributed by atoms with E-state index >= 15 is 0 Å². The number of hydrogen-bond donors (Lipinski definition) is 2. The third kappa shape index (κ3) is 5.58. The zero-order chi connectivity index (χ0) is 21.2. The predicted molar refractivity (Wildman–Crippen MR) is 106 cm³/mol. The Morgan fingerprint density at radius 1 is 1.28 bits per heavy atom. The first-order chi connectivity index (χ1) is 13.5. The molecule has 1 aliphatic rings. The summed E-state index contributed by atoms with van der Waals surface area (Å²) in [4.78, 5) is 6.04. The molecule has 0 spiro atoms. The first-order valence-electron chi connectivity index (χ1n) is 9.43. The fourth-order valence-electron chi connectivity index (χ4n) is 3.92. The van der Waals surface area contributed by atoms with Gasteiger partial charge in [0.25, 0.3) is 10.1 Å². The molecule has 10 heteroatoms. The van der Waals surface area contributed by atoms with Gasteiger partial charge in [-0.2, -0.15) is 21.6 Å². The Bertz CT molecular complexity index is 966. The largest absolute Gasteiger partial charge is 0.418 e. The van der Waals surface area contributed by atoms with Gasteiger partial charge in [-0.05, 0) is 49.6 Å². The third-order valence-corrected chi connectivity index (χ3v) is 5.87. The highest BCUT2D eigenvalue weighted by Gasteiger charge is 2.34. The standard InChI is InChI=1S/C19H24F3N3O3S/c1-13-10-14(23-8-3-9-29(26,27)28)12-25(11-13)17-6-5-16(19(20,21)22)18-15(17)4-2-7-24-18/h2,4-7,13-14,23H,3,8-12H2,1H3,(H,26,27,28)/t13-,14+/m0/s1. The maximum atomic E-state index is 13.3. The van der Waals surface area contributed by atoms with Crippen molar-refractivity contribution in [1.82, 2.24) is 10.3 Å². The summed E-state index contributed by atoms with van der Waals surface area (Å²) in [5.74, 6) is -0.00174. The number of nitrogens with zero attached hydrogens (tertiary/aromatic N) is 2. The van der Waals surface area contributed by atoms with Crippen LogP contribution in [-0.4, -0.2) is 49.4 Å². The van der Waals surface area contributed by atoms with Crippen molar-refractivity contribution in [2.75, 3.05) is 30.3 Å². The van der Waals surface area contributed by atoms with Gasteiger partial charge in [0, 0.05) is 36.4 Å². The van der Waals surface area contributed by atoms with Crippen LogP contribution in [0, 0.1) is 5.92 Å². The normalized spacial score (nSPS) is 20.9. The zero-order valence-corrected chi connectivity index (χ0v) is 16.8. The van der Waals surface area contributed by atoms with E-state index in [1.165, 1.54) is 12.3 Å². The van der Waals surface area contributed by atoms with Gasteiger partial charge in [0.05, 0.1) is 16.8 Å². The quantitative estimate of drug-likeness (QED) is 0.539. The molecular weight excluding hydrogens is 407 g/mol. The second-order valence-electron chi connectivity index (χ2n) is 7.57. The van der Waals surface area contributed by atoms with Gasteiger partial charge in [-0.1, -0.05) is 6.92 Å². The lowest BCUT2D eigenvalue weighted by atomic mass is 9.94. The Hall–Kier alpha value is -1.91. The average molecular weight is 431 g/mol. The highest BCUT2D eigenvalue weighted by Crippen LogP contribution is 2.38. The highest BCUT2D eigenvalue weighted by atomic mass is 32.2. The molecule has 0 saturated carbocycles. The van der Waals surface area contributed by atoms with E-state index in [2.05, 4.69) is 22.1 Å². The third-order valence-electron chi connectivity index (χ3n) is 5.06. The number of anilines is 1. The van der Waals surface area contributed by atoms with Crippen LogP contribution >= 0.6 is 0 Å². The molecule has 3 rings (SSSR count). The van der Waals surface area contributed by atoms with Crippen molar-refractivity contribution < 1.29 is 26.1 Å². The van der Waals surface area contributed by atoms with Gasteiger partial charge in [0.2, 0.25) is 0 Å². The van der Waals surface area contributed by atoms with E-state index in [1.807, 2.05) is 0 Å². The van der Waals surface area contributed by atoms with Crippen molar-refractivity contribution in [2.24, 2.45) is 5.92 Å². The average Bonchev–Trinajstić information content (AvgIpc) is 2.62. The van der Waals surface area contributed by atoms with Gasteiger partial charge in [0.15, 0.2) is 0 Å². The molecule has 1 fully saturated rings. The van der Waals surface area contributed by atoms with E-state index in [9.17, 15) is 21.6 Å². The molecule has 0 unspecified atom stereocenters. The van der Waals surface area contributed by atoms with Gasteiger partial charge in [-0.15, -0.1) is 0 Å². The van der Waals surface area contributed by atoms with Crippen molar-refractivity contribution in [3.63, 3.8) is 0 Å². The molecule has 1 aromatic carbocycles. The van der Waals surface area contributed by atoms with Crippen LogP contribution in [0.15, 0.2) is 30.5 Å². The van der Waals surface area contributed by atoms with Crippen molar-refractivity contribution in [3.05, 3.63) is 36.0 Å². The maximum absolute atomic E-state index is 13.3. The minimum atomic E-state index is -4.47. The SMILES string of the molecule is C[C@H]1C[C@@H](NCCCS(=O)(=O)O)CN(c2ccc(C(F)(F)F)c3ncccc23)C1. The van der Waals surface area contributed by atoms with E-state index < -0.39 is 21.9 Å². The monoisotopic (exact) mass is 431 g/mol. The van der Waals surface area contributed by atoms with Crippen LogP contribution in [0.25, 0.3) is 10.9 Å². The minimum absolute atomic E-state index is 0.0617. The van der Waals surface area contributed by atoms with E-state index in [0.717, 1.165) is 12.5 Å². The molecule has 2 aromatic rings. The summed E-state index contributed by atoms with van der Waals surface area (Å²) >= 11 is 0. The van der Waals surface area contributed by atoms with Crippen LogP contribution in [0.5, 0.6) is 0 Å². The van der Waals surface area contributed by atoms with E-state index in [4.69, 9.17) is 4.55 Å². The highest BCUT2D eigenvalue weighted by molar-refractivity contribution is 7.85. The topological polar surface area (TPSA) is 82.5 Å². The zero-order valence-electron chi connectivity index (χ0n) is 16.0. The first-order valence-corrected chi connectivity index (χ1v) is 11.0. The number of hydrogen-bond acceptors (Lipinski definition) is 5. The number of pyridine rings is 1. The maximum Gasteiger partial charge on any atom is 0.418 e. The molecule has 2 atom stereocenters. The van der Waals surface area contributed by atoms with Crippen molar-refractivity contribution in [1.29, 1.82) is 0 Å². The number of rotatable bonds is 6. The number of piperidine rings is 1. The van der Waals surface area contributed by atoms with Gasteiger partial charge >= 0.3 is 6.18 Å². The molecule has 29 heavy (non-hydrogen) atoms. The van der Waals surface area contributed by atoms with Crippen molar-refractivity contribution in [3.8, 4) is 0 Å².